The highest BCUT2D eigenvalue weighted by Crippen LogP contribution is 2.13. The van der Waals surface area contributed by atoms with Gasteiger partial charge in [-0.1, -0.05) is 208 Å². The van der Waals surface area contributed by atoms with Crippen LogP contribution < -0.4 is 0 Å². The summed E-state index contributed by atoms with van der Waals surface area (Å²) in [4.78, 5) is 37.8. The maximum atomic E-state index is 12.8. The summed E-state index contributed by atoms with van der Waals surface area (Å²) in [5, 5.41) is 0. The predicted molar refractivity (Wildman–Crippen MR) is 260 cm³/mol. The minimum atomic E-state index is -0.826. The predicted octanol–water partition coefficient (Wildman–Crippen LogP) is 16.2. The van der Waals surface area contributed by atoms with Gasteiger partial charge in [-0.15, -0.1) is 0 Å². The molecule has 0 fully saturated rings. The standard InChI is InChI=1S/C55H90O6/c1-4-7-10-13-16-19-21-23-25-27-28-30-31-33-36-39-42-45-48-54(57)60-51-52(50-59-53(56)47-44-41-38-35-18-15-12-9-6-3)61-55(58)49-46-43-40-37-34-32-29-26-24-22-20-17-14-11-8-5-2/h9,12,16,18-19,21,23,25-30,35,41,44,52H,4-8,10-11,13-15,17,20,22,24,31-34,36-40,42-43,45-51H2,1-3H3/b12-9-,19-16-,23-21-,27-25-,29-26-,30-28-,35-18-,44-41-. The van der Waals surface area contributed by atoms with Gasteiger partial charge in [0.1, 0.15) is 13.2 Å². The SMILES string of the molecule is CC/C=C\C/C=C\C/C=C\CC(=O)OCC(COC(=O)CCCCCCC\C=C/C=C\C=C/C=C\CCCCC)OC(=O)CCCCCCC/C=C\CCCCCCCCC. The van der Waals surface area contributed by atoms with Crippen LogP contribution in [0.2, 0.25) is 0 Å². The molecule has 61 heavy (non-hydrogen) atoms. The van der Waals surface area contributed by atoms with Crippen LogP contribution in [-0.2, 0) is 28.6 Å². The van der Waals surface area contributed by atoms with Crippen LogP contribution in [0.1, 0.15) is 213 Å². The van der Waals surface area contributed by atoms with Crippen LogP contribution in [0, 0.1) is 0 Å². The largest absolute Gasteiger partial charge is 0.462 e. The van der Waals surface area contributed by atoms with Gasteiger partial charge in [-0.2, -0.15) is 0 Å². The molecule has 0 amide bonds. The third kappa shape index (κ3) is 47.2. The lowest BCUT2D eigenvalue weighted by Crippen LogP contribution is -2.30. The normalized spacial score (nSPS) is 12.9. The number of hydrogen-bond acceptors (Lipinski definition) is 6. The second-order valence-electron chi connectivity index (χ2n) is 16.1. The Bertz CT molecular complexity index is 1250. The van der Waals surface area contributed by atoms with Gasteiger partial charge in [-0.3, -0.25) is 14.4 Å². The van der Waals surface area contributed by atoms with Crippen LogP contribution in [0.4, 0.5) is 0 Å². The number of esters is 3. The smallest absolute Gasteiger partial charge is 0.309 e. The average Bonchev–Trinajstić information content (AvgIpc) is 3.26. The lowest BCUT2D eigenvalue weighted by Gasteiger charge is -2.18. The third-order valence-corrected chi connectivity index (χ3v) is 10.2. The highest BCUT2D eigenvalue weighted by atomic mass is 16.6. The van der Waals surface area contributed by atoms with E-state index < -0.39 is 12.1 Å². The van der Waals surface area contributed by atoms with Gasteiger partial charge in [-0.05, 0) is 83.5 Å². The molecule has 0 aliphatic rings. The Labute approximate surface area is 375 Å². The molecule has 346 valence electrons. The molecule has 1 unspecified atom stereocenters. The van der Waals surface area contributed by atoms with Crippen LogP contribution in [0.3, 0.4) is 0 Å². The first kappa shape index (κ1) is 57.3. The second-order valence-corrected chi connectivity index (χ2v) is 16.1. The molecule has 0 aromatic carbocycles. The zero-order valence-electron chi connectivity index (χ0n) is 39.4. The molecule has 0 saturated carbocycles. The maximum Gasteiger partial charge on any atom is 0.309 e. The quantitative estimate of drug-likeness (QED) is 0.0200. The summed E-state index contributed by atoms with van der Waals surface area (Å²) in [6.45, 7) is 6.34. The zero-order chi connectivity index (χ0) is 44.4. The van der Waals surface area contributed by atoms with Crippen molar-refractivity contribution >= 4 is 17.9 Å². The van der Waals surface area contributed by atoms with E-state index in [1.54, 1.807) is 6.08 Å². The Kier molecular flexibility index (Phi) is 46.0. The molecular formula is C55H90O6. The average molecular weight is 847 g/mol. The molecule has 0 aliphatic heterocycles. The van der Waals surface area contributed by atoms with Gasteiger partial charge in [-0.25, -0.2) is 0 Å². The molecule has 0 rings (SSSR count). The fourth-order valence-electron chi connectivity index (χ4n) is 6.45. The molecule has 0 aromatic rings. The lowest BCUT2D eigenvalue weighted by atomic mass is 10.1. The van der Waals surface area contributed by atoms with Crippen molar-refractivity contribution in [1.82, 2.24) is 0 Å². The van der Waals surface area contributed by atoms with Gasteiger partial charge >= 0.3 is 17.9 Å². The van der Waals surface area contributed by atoms with Crippen molar-refractivity contribution in [2.45, 2.75) is 219 Å². The number of carbonyl (C=O) groups is 3. The highest BCUT2D eigenvalue weighted by molar-refractivity contribution is 5.72. The molecule has 0 radical (unpaired) electrons. The first-order chi connectivity index (χ1) is 30.0. The minimum absolute atomic E-state index is 0.121. The van der Waals surface area contributed by atoms with E-state index in [4.69, 9.17) is 14.2 Å². The molecule has 0 aromatic heterocycles. The van der Waals surface area contributed by atoms with E-state index in [9.17, 15) is 14.4 Å². The third-order valence-electron chi connectivity index (χ3n) is 10.2. The summed E-state index contributed by atoms with van der Waals surface area (Å²) in [6, 6.07) is 0. The Hall–Kier alpha value is -3.67. The Morgan fingerprint density at radius 1 is 0.377 bits per heavy atom. The molecule has 0 N–H and O–H groups in total. The monoisotopic (exact) mass is 847 g/mol. The minimum Gasteiger partial charge on any atom is -0.462 e. The zero-order valence-corrected chi connectivity index (χ0v) is 39.4. The van der Waals surface area contributed by atoms with E-state index in [1.807, 2.05) is 6.08 Å². The molecule has 0 aliphatic carbocycles. The Morgan fingerprint density at radius 2 is 0.770 bits per heavy atom. The van der Waals surface area contributed by atoms with Crippen LogP contribution in [0.5, 0.6) is 0 Å². The van der Waals surface area contributed by atoms with Crippen molar-refractivity contribution in [3.05, 3.63) is 97.2 Å². The van der Waals surface area contributed by atoms with Crippen molar-refractivity contribution in [3.8, 4) is 0 Å². The van der Waals surface area contributed by atoms with E-state index in [1.165, 1.54) is 77.0 Å². The molecule has 0 bridgehead atoms. The summed E-state index contributed by atoms with van der Waals surface area (Å²) in [7, 11) is 0. The molecule has 0 heterocycles. The summed E-state index contributed by atoms with van der Waals surface area (Å²) in [5.74, 6) is -1.09. The van der Waals surface area contributed by atoms with E-state index in [2.05, 4.69) is 106 Å². The Morgan fingerprint density at radius 3 is 1.31 bits per heavy atom. The summed E-state index contributed by atoms with van der Waals surface area (Å²) in [6.07, 6.45) is 64.2. The number of rotatable bonds is 43. The number of unbranched alkanes of at least 4 members (excludes halogenated alkanes) is 20. The van der Waals surface area contributed by atoms with Gasteiger partial charge in [0.2, 0.25) is 0 Å². The molecular weight excluding hydrogens is 757 g/mol. The first-order valence-electron chi connectivity index (χ1n) is 24.8. The van der Waals surface area contributed by atoms with Gasteiger partial charge in [0.05, 0.1) is 6.42 Å². The first-order valence-corrected chi connectivity index (χ1v) is 24.8. The molecule has 1 atom stereocenters. The van der Waals surface area contributed by atoms with Crippen molar-refractivity contribution < 1.29 is 28.6 Å². The summed E-state index contributed by atoms with van der Waals surface area (Å²) >= 11 is 0. The van der Waals surface area contributed by atoms with Crippen molar-refractivity contribution in [1.29, 1.82) is 0 Å². The van der Waals surface area contributed by atoms with Crippen LogP contribution in [0.25, 0.3) is 0 Å². The number of allylic oxidation sites excluding steroid dienone is 15. The van der Waals surface area contributed by atoms with E-state index in [0.717, 1.165) is 96.3 Å². The van der Waals surface area contributed by atoms with Crippen molar-refractivity contribution in [2.24, 2.45) is 0 Å². The van der Waals surface area contributed by atoms with Crippen LogP contribution >= 0.6 is 0 Å². The maximum absolute atomic E-state index is 12.8. The number of ether oxygens (including phenoxy) is 3. The molecule has 0 spiro atoms. The van der Waals surface area contributed by atoms with E-state index in [-0.39, 0.29) is 31.6 Å². The van der Waals surface area contributed by atoms with Gasteiger partial charge in [0.25, 0.3) is 0 Å². The summed E-state index contributed by atoms with van der Waals surface area (Å²) < 4.78 is 16.6. The van der Waals surface area contributed by atoms with Crippen LogP contribution in [0.15, 0.2) is 97.2 Å². The van der Waals surface area contributed by atoms with E-state index >= 15 is 0 Å². The van der Waals surface area contributed by atoms with Gasteiger partial charge in [0.15, 0.2) is 6.10 Å². The number of carbonyl (C=O) groups excluding carboxylic acids is 3. The van der Waals surface area contributed by atoms with Crippen LogP contribution in [-0.4, -0.2) is 37.2 Å². The fourth-order valence-corrected chi connectivity index (χ4v) is 6.45. The number of hydrogen-bond donors (Lipinski definition) is 0. The van der Waals surface area contributed by atoms with E-state index in [0.29, 0.717) is 12.8 Å². The van der Waals surface area contributed by atoms with Crippen molar-refractivity contribution in [2.75, 3.05) is 13.2 Å². The molecule has 6 heteroatoms. The summed E-state index contributed by atoms with van der Waals surface area (Å²) in [5.41, 5.74) is 0. The van der Waals surface area contributed by atoms with Crippen molar-refractivity contribution in [3.63, 3.8) is 0 Å². The highest BCUT2D eigenvalue weighted by Gasteiger charge is 2.19. The second kappa shape index (κ2) is 49.0. The van der Waals surface area contributed by atoms with Gasteiger partial charge < -0.3 is 14.2 Å². The molecule has 0 saturated heterocycles. The lowest BCUT2D eigenvalue weighted by molar-refractivity contribution is -0.166. The molecule has 6 nitrogen and oxygen atoms in total. The topological polar surface area (TPSA) is 78.9 Å². The van der Waals surface area contributed by atoms with Gasteiger partial charge in [0, 0.05) is 12.8 Å². The Balaban J connectivity index is 4.46. The fraction of sp³-hybridized carbons (Fsp3) is 0.655.